The highest BCUT2D eigenvalue weighted by Crippen LogP contribution is 2.48. The molecule has 5 saturated heterocycles. The fraction of sp³-hybridized carbons (Fsp3) is 0.754. The lowest BCUT2D eigenvalue weighted by Gasteiger charge is -2.43. The van der Waals surface area contributed by atoms with Crippen molar-refractivity contribution in [2.24, 2.45) is 35.5 Å². The van der Waals surface area contributed by atoms with Crippen molar-refractivity contribution >= 4 is 47.9 Å². The van der Waals surface area contributed by atoms with Crippen molar-refractivity contribution in [1.82, 2.24) is 0 Å². The summed E-state index contributed by atoms with van der Waals surface area (Å²) in [6.45, 7) is 85.4. The van der Waals surface area contributed by atoms with E-state index in [1.54, 1.807) is 25.7 Å². The second-order valence-corrected chi connectivity index (χ2v) is 61.5. The summed E-state index contributed by atoms with van der Waals surface area (Å²) in [6.07, 6.45) is 60.9. The van der Waals surface area contributed by atoms with Crippen LogP contribution in [0.25, 0.3) is 0 Å². The first-order chi connectivity index (χ1) is 61.1. The van der Waals surface area contributed by atoms with E-state index in [-0.39, 0.29) is 31.5 Å². The Morgan fingerprint density at radius 3 is 0.633 bits per heavy atom. The SMILES string of the molecule is C=CC(C)C.C=CC(C)C.C=CC(C)C.C=CC(C)C.C=CC(C)C.CCC1CCCCC1.CCCCCOC1CO1.CCCCCOC1CO1.CCCCCOC1CO1.CCCCCOC1CO1.CCCCCOC1CO1.C[Si](C)(C)C1CCCCC1.C[Si](C)(C)c1ccccc1.C[Si](C)(C1CCCCC1)C1CCCCC1.C[Si](C)(c1ccccc1)c1ccccc1. The van der Waals surface area contributed by atoms with Crippen molar-refractivity contribution < 1.29 is 47.4 Å². The third kappa shape index (κ3) is 85.7. The summed E-state index contributed by atoms with van der Waals surface area (Å²) in [6, 6.07) is 32.5. The first-order valence-electron chi connectivity index (χ1n) is 52.5. The largest absolute Gasteiger partial charge is 0.350 e. The van der Waals surface area contributed by atoms with Gasteiger partial charge >= 0.3 is 0 Å². The molecule has 12 rings (SSSR count). The molecule has 4 aliphatic carbocycles. The molecule has 0 bridgehead atoms. The van der Waals surface area contributed by atoms with E-state index in [9.17, 15) is 0 Å². The zero-order valence-electron chi connectivity index (χ0n) is 89.3. The number of ether oxygens (including phenoxy) is 10. The monoisotopic (exact) mass is 1860 g/mol. The molecule has 0 spiro atoms. The van der Waals surface area contributed by atoms with E-state index in [0.717, 1.165) is 77.5 Å². The van der Waals surface area contributed by atoms with Gasteiger partial charge in [0.1, 0.15) is 41.1 Å². The molecule has 14 heteroatoms. The Kier molecular flexibility index (Phi) is 86.1. The summed E-state index contributed by atoms with van der Waals surface area (Å²) in [5.74, 6) is 4.33. The molecular weight excluding hydrogens is 1640 g/mol. The molecule has 3 aromatic carbocycles. The van der Waals surface area contributed by atoms with Gasteiger partial charge in [-0.1, -0.05) is 512 Å². The number of epoxide rings is 5. The molecule has 128 heavy (non-hydrogen) atoms. The Balaban J connectivity index is -0.00000133. The van der Waals surface area contributed by atoms with Gasteiger partial charge in [0.05, 0.1) is 16.1 Å². The van der Waals surface area contributed by atoms with Gasteiger partial charge in [-0.05, 0) is 84.2 Å². The molecule has 5 heterocycles. The van der Waals surface area contributed by atoms with E-state index < -0.39 is 32.3 Å². The molecule has 5 atom stereocenters. The number of hydrogen-bond donors (Lipinski definition) is 0. The smallest absolute Gasteiger partial charge is 0.181 e. The summed E-state index contributed by atoms with van der Waals surface area (Å²) in [4.78, 5) is 0. The number of allylic oxidation sites excluding steroid dienone is 5. The topological polar surface area (TPSA) is 109 Å². The lowest BCUT2D eigenvalue weighted by molar-refractivity contribution is 0.0478. The van der Waals surface area contributed by atoms with Crippen molar-refractivity contribution in [2.45, 2.75) is 455 Å². The highest BCUT2D eigenvalue weighted by Gasteiger charge is 2.40. The molecule has 0 radical (unpaired) electrons. The maximum Gasteiger partial charge on any atom is 0.181 e. The third-order valence-corrected chi connectivity index (χ3v) is 38.2. The van der Waals surface area contributed by atoms with Crippen LogP contribution in [-0.2, 0) is 47.4 Å². The predicted molar refractivity (Wildman–Crippen MR) is 579 cm³/mol. The van der Waals surface area contributed by atoms with Crippen LogP contribution in [-0.4, -0.2) is 130 Å². The lowest BCUT2D eigenvalue weighted by atomic mass is 9.88. The molecule has 0 aromatic heterocycles. The Bertz CT molecular complexity index is 2590. The zero-order valence-corrected chi connectivity index (χ0v) is 93.3. The first-order valence-corrected chi connectivity index (χ1v) is 65.8. The average molecular weight is 1860 g/mol. The predicted octanol–water partition coefficient (Wildman–Crippen LogP) is 33.6. The van der Waals surface area contributed by atoms with Crippen molar-refractivity contribution in [3.05, 3.63) is 154 Å². The minimum absolute atomic E-state index is 0.154. The van der Waals surface area contributed by atoms with Crippen LogP contribution in [0.5, 0.6) is 0 Å². The number of unbranched alkanes of at least 4 members (excludes halogenated alkanes) is 10. The summed E-state index contributed by atoms with van der Waals surface area (Å²) in [5, 5.41) is 4.53. The molecule has 5 aliphatic heterocycles. The molecule has 10 nitrogen and oxygen atoms in total. The molecule has 4 saturated carbocycles. The van der Waals surface area contributed by atoms with Gasteiger partial charge in [0.2, 0.25) is 0 Å². The molecular formula is C114H214O10Si4. The van der Waals surface area contributed by atoms with Gasteiger partial charge in [0.25, 0.3) is 0 Å². The Morgan fingerprint density at radius 1 is 0.289 bits per heavy atom. The van der Waals surface area contributed by atoms with Crippen LogP contribution >= 0.6 is 0 Å². The van der Waals surface area contributed by atoms with E-state index in [0.29, 0.717) is 29.6 Å². The quantitative estimate of drug-likeness (QED) is 0.0240. The van der Waals surface area contributed by atoms with Crippen molar-refractivity contribution in [1.29, 1.82) is 0 Å². The van der Waals surface area contributed by atoms with Crippen LogP contribution in [0, 0.1) is 35.5 Å². The molecule has 9 aliphatic rings. The molecule has 0 N–H and O–H groups in total. The van der Waals surface area contributed by atoms with Crippen molar-refractivity contribution in [3.8, 4) is 0 Å². The Labute approximate surface area is 801 Å². The van der Waals surface area contributed by atoms with Crippen LogP contribution in [0.2, 0.25) is 82.1 Å². The minimum Gasteiger partial charge on any atom is -0.350 e. The van der Waals surface area contributed by atoms with Gasteiger partial charge in [0, 0.05) is 41.1 Å². The van der Waals surface area contributed by atoms with Crippen LogP contribution in [0.3, 0.4) is 0 Å². The van der Waals surface area contributed by atoms with E-state index in [1.807, 2.05) is 30.4 Å². The summed E-state index contributed by atoms with van der Waals surface area (Å²) >= 11 is 0. The highest BCUT2D eigenvalue weighted by molar-refractivity contribution is 7.00. The molecule has 9 fully saturated rings. The van der Waals surface area contributed by atoms with E-state index in [2.05, 4.69) is 300 Å². The van der Waals surface area contributed by atoms with Crippen molar-refractivity contribution in [2.75, 3.05) is 66.1 Å². The van der Waals surface area contributed by atoms with Gasteiger partial charge in [-0.2, -0.15) is 0 Å². The summed E-state index contributed by atoms with van der Waals surface area (Å²) in [5.41, 5.74) is 3.49. The van der Waals surface area contributed by atoms with Gasteiger partial charge in [-0.15, -0.1) is 32.9 Å². The maximum atomic E-state index is 5.23. The first kappa shape index (κ1) is 129. The van der Waals surface area contributed by atoms with Gasteiger partial charge in [0.15, 0.2) is 31.5 Å². The van der Waals surface area contributed by atoms with Gasteiger partial charge in [-0.25, -0.2) is 0 Å². The van der Waals surface area contributed by atoms with Crippen LogP contribution in [0.15, 0.2) is 154 Å². The Morgan fingerprint density at radius 2 is 0.484 bits per heavy atom. The lowest BCUT2D eigenvalue weighted by Crippen LogP contribution is -2.52. The van der Waals surface area contributed by atoms with Gasteiger partial charge in [-0.3, -0.25) is 0 Å². The molecule has 0 amide bonds. The maximum absolute atomic E-state index is 5.23. The second kappa shape index (κ2) is 85.5. The fourth-order valence-electron chi connectivity index (χ4n) is 13.9. The summed E-state index contributed by atoms with van der Waals surface area (Å²) in [7, 11) is -4.15. The molecule has 746 valence electrons. The van der Waals surface area contributed by atoms with Crippen LogP contribution in [0.1, 0.15) is 342 Å². The standard InChI is InChI=1S/C14H28Si.C14H16Si.C9H20Si.C9H14Si.C8H16.5C7H14O2.5C5H10/c2*1-15(2,13-9-5-3-6-10-13)14-11-7-4-8-12-14;2*1-10(2,3)9-7-5-4-6-8-9;1-2-8-6-4-3-5-7-8;5*1-2-3-4-5-8-7-6-9-7;5*1-4-5(2)3/h13-14H,3-12H2,1-2H3;3-12H,1-2H3;9H,4-8H2,1-3H3;4-8H,1-3H3;8H,2-7H2,1H3;5*7H,2-6H2,1H3;5*4-5H,1H2,2-3H3. The fourth-order valence-corrected chi connectivity index (χ4v) is 24.1. The molecule has 3 aromatic rings. The van der Waals surface area contributed by atoms with E-state index in [1.165, 1.54) is 232 Å². The van der Waals surface area contributed by atoms with Gasteiger partial charge < -0.3 is 47.4 Å². The van der Waals surface area contributed by atoms with E-state index in [4.69, 9.17) is 47.4 Å². The molecule has 5 unspecified atom stereocenters. The van der Waals surface area contributed by atoms with Crippen molar-refractivity contribution in [3.63, 3.8) is 0 Å². The minimum atomic E-state index is -1.46. The summed E-state index contributed by atoms with van der Waals surface area (Å²) < 4.78 is 50.5. The highest BCUT2D eigenvalue weighted by atomic mass is 28.3. The number of hydrogen-bond acceptors (Lipinski definition) is 10. The zero-order chi connectivity index (χ0) is 96.6. The van der Waals surface area contributed by atoms with Crippen LogP contribution < -0.4 is 15.6 Å². The number of benzene rings is 3. The van der Waals surface area contributed by atoms with E-state index >= 15 is 0 Å². The van der Waals surface area contributed by atoms with Crippen LogP contribution in [0.4, 0.5) is 0 Å². The number of rotatable bonds is 37. The third-order valence-electron chi connectivity index (χ3n) is 24.2. The normalized spacial score (nSPS) is 18.9. The second-order valence-electron chi connectivity index (χ2n) is 41.2. The average Bonchev–Trinajstić information content (AvgIpc) is 1.78. The Hall–Kier alpha value is -3.17.